The lowest BCUT2D eigenvalue weighted by Crippen LogP contribution is -2.53. The van der Waals surface area contributed by atoms with Gasteiger partial charge in [-0.3, -0.25) is 4.90 Å². The van der Waals surface area contributed by atoms with Crippen molar-refractivity contribution < 1.29 is 14.7 Å². The minimum atomic E-state index is -0.973. The molecule has 0 aromatic rings. The Balaban J connectivity index is 2.87. The number of aliphatic carboxylic acids is 1. The van der Waals surface area contributed by atoms with E-state index in [0.717, 1.165) is 0 Å². The lowest BCUT2D eigenvalue weighted by molar-refractivity contribution is -0.141. The van der Waals surface area contributed by atoms with Crippen molar-refractivity contribution in [1.82, 2.24) is 10.2 Å². The number of carboxylic acid groups (broad SMARTS) is 1. The topological polar surface area (TPSA) is 69.6 Å². The zero-order chi connectivity index (χ0) is 14.6. The number of thioether (sulfide) groups is 1. The van der Waals surface area contributed by atoms with Crippen molar-refractivity contribution in [3.8, 4) is 12.3 Å². The van der Waals surface area contributed by atoms with Gasteiger partial charge in [-0.15, -0.1) is 18.2 Å². The standard InChI is InChI=1S/C13H20N2O3S/c1-5-9(6-2)14-13(18)15-10(12(16)17)7-19-11(15)8(3)4/h1,8-11H,6-7H2,2-4H3,(H,14,18)(H,16,17). The van der Waals surface area contributed by atoms with Crippen LogP contribution in [0.2, 0.25) is 0 Å². The smallest absolute Gasteiger partial charge is 0.327 e. The lowest BCUT2D eigenvalue weighted by atomic mass is 10.1. The number of carboxylic acids is 1. The molecule has 2 N–H and O–H groups in total. The number of hydrogen-bond acceptors (Lipinski definition) is 3. The van der Waals surface area contributed by atoms with E-state index in [2.05, 4.69) is 11.2 Å². The van der Waals surface area contributed by atoms with Crippen LogP contribution < -0.4 is 5.32 Å². The summed E-state index contributed by atoms with van der Waals surface area (Å²) in [7, 11) is 0. The third-order valence-electron chi connectivity index (χ3n) is 3.03. The van der Waals surface area contributed by atoms with E-state index in [1.807, 2.05) is 20.8 Å². The molecule has 3 unspecified atom stereocenters. The molecular formula is C13H20N2O3S. The first-order chi connectivity index (χ1) is 8.92. The summed E-state index contributed by atoms with van der Waals surface area (Å²) in [5, 5.41) is 11.8. The zero-order valence-electron chi connectivity index (χ0n) is 11.4. The summed E-state index contributed by atoms with van der Waals surface area (Å²) >= 11 is 1.50. The molecule has 1 aliphatic heterocycles. The largest absolute Gasteiger partial charge is 0.480 e. The van der Waals surface area contributed by atoms with Crippen LogP contribution in [0.3, 0.4) is 0 Å². The summed E-state index contributed by atoms with van der Waals surface area (Å²) < 4.78 is 0. The Morgan fingerprint density at radius 3 is 2.63 bits per heavy atom. The van der Waals surface area contributed by atoms with E-state index in [-0.39, 0.29) is 23.4 Å². The van der Waals surface area contributed by atoms with Crippen LogP contribution >= 0.6 is 11.8 Å². The second-order valence-corrected chi connectivity index (χ2v) is 5.96. The van der Waals surface area contributed by atoms with Gasteiger partial charge in [0.25, 0.3) is 0 Å². The molecule has 1 heterocycles. The van der Waals surface area contributed by atoms with Crippen molar-refractivity contribution in [2.75, 3.05) is 5.75 Å². The summed E-state index contributed by atoms with van der Waals surface area (Å²) in [4.78, 5) is 24.9. The predicted molar refractivity (Wildman–Crippen MR) is 75.8 cm³/mol. The molecule has 106 valence electrons. The molecular weight excluding hydrogens is 264 g/mol. The van der Waals surface area contributed by atoms with Crippen molar-refractivity contribution in [1.29, 1.82) is 0 Å². The van der Waals surface area contributed by atoms with Crippen LogP contribution in [0.15, 0.2) is 0 Å². The van der Waals surface area contributed by atoms with Crippen LogP contribution in [-0.2, 0) is 4.79 Å². The van der Waals surface area contributed by atoms with E-state index in [1.54, 1.807) is 0 Å². The van der Waals surface area contributed by atoms with E-state index in [1.165, 1.54) is 16.7 Å². The molecule has 1 fully saturated rings. The number of terminal acetylenes is 1. The fourth-order valence-corrected chi connectivity index (χ4v) is 3.44. The Labute approximate surface area is 118 Å². The van der Waals surface area contributed by atoms with Crippen LogP contribution in [0.5, 0.6) is 0 Å². The van der Waals surface area contributed by atoms with Crippen molar-refractivity contribution >= 4 is 23.8 Å². The van der Waals surface area contributed by atoms with Crippen molar-refractivity contribution in [2.45, 2.75) is 44.6 Å². The number of nitrogens with zero attached hydrogens (tertiary/aromatic N) is 1. The van der Waals surface area contributed by atoms with Gasteiger partial charge in [-0.25, -0.2) is 9.59 Å². The van der Waals surface area contributed by atoms with Gasteiger partial charge < -0.3 is 10.4 Å². The average molecular weight is 284 g/mol. The SMILES string of the molecule is C#CC(CC)NC(=O)N1C(C(=O)O)CSC1C(C)C. The molecule has 0 aliphatic carbocycles. The molecule has 5 nitrogen and oxygen atoms in total. The summed E-state index contributed by atoms with van der Waals surface area (Å²) in [5.74, 6) is 2.11. The highest BCUT2D eigenvalue weighted by molar-refractivity contribution is 8.00. The highest BCUT2D eigenvalue weighted by Gasteiger charge is 2.43. The van der Waals surface area contributed by atoms with Gasteiger partial charge in [0.1, 0.15) is 6.04 Å². The first-order valence-electron chi connectivity index (χ1n) is 6.31. The Morgan fingerprint density at radius 1 is 1.58 bits per heavy atom. The maximum Gasteiger partial charge on any atom is 0.327 e. The highest BCUT2D eigenvalue weighted by Crippen LogP contribution is 2.34. The number of carbonyl (C=O) groups excluding carboxylic acids is 1. The van der Waals surface area contributed by atoms with Gasteiger partial charge in [0, 0.05) is 5.75 Å². The number of urea groups is 1. The van der Waals surface area contributed by atoms with Gasteiger partial charge in [0.05, 0.1) is 11.4 Å². The molecule has 2 amide bonds. The molecule has 0 aromatic heterocycles. The van der Waals surface area contributed by atoms with Crippen LogP contribution in [0.4, 0.5) is 4.79 Å². The van der Waals surface area contributed by atoms with Gasteiger partial charge in [-0.2, -0.15) is 0 Å². The molecule has 19 heavy (non-hydrogen) atoms. The first-order valence-corrected chi connectivity index (χ1v) is 7.36. The second-order valence-electron chi connectivity index (χ2n) is 4.81. The third kappa shape index (κ3) is 3.57. The van der Waals surface area contributed by atoms with Gasteiger partial charge in [0.2, 0.25) is 0 Å². The minimum absolute atomic E-state index is 0.128. The highest BCUT2D eigenvalue weighted by atomic mass is 32.2. The van der Waals surface area contributed by atoms with Gasteiger partial charge in [0.15, 0.2) is 0 Å². The maximum atomic E-state index is 12.2. The van der Waals surface area contributed by atoms with Gasteiger partial charge >= 0.3 is 12.0 Å². The molecule has 1 rings (SSSR count). The Morgan fingerprint density at radius 2 is 2.21 bits per heavy atom. The number of hydrogen-bond donors (Lipinski definition) is 2. The monoisotopic (exact) mass is 284 g/mol. The van der Waals surface area contributed by atoms with Crippen LogP contribution in [0.1, 0.15) is 27.2 Å². The average Bonchev–Trinajstić information content (AvgIpc) is 2.80. The van der Waals surface area contributed by atoms with E-state index in [0.29, 0.717) is 12.2 Å². The molecule has 0 bridgehead atoms. The summed E-state index contributed by atoms with van der Waals surface area (Å²) in [6, 6.07) is -1.53. The van der Waals surface area contributed by atoms with Crippen LogP contribution in [-0.4, -0.2) is 45.2 Å². The summed E-state index contributed by atoms with van der Waals surface area (Å²) in [6.45, 7) is 5.82. The molecule has 0 radical (unpaired) electrons. The van der Waals surface area contributed by atoms with E-state index >= 15 is 0 Å². The minimum Gasteiger partial charge on any atom is -0.480 e. The van der Waals surface area contributed by atoms with Crippen molar-refractivity contribution in [3.63, 3.8) is 0 Å². The lowest BCUT2D eigenvalue weighted by Gasteiger charge is -2.30. The zero-order valence-corrected chi connectivity index (χ0v) is 12.2. The molecule has 6 heteroatoms. The summed E-state index contributed by atoms with van der Waals surface area (Å²) in [5.41, 5.74) is 0. The Bertz CT molecular complexity index is 392. The molecule has 0 spiro atoms. The maximum absolute atomic E-state index is 12.2. The van der Waals surface area contributed by atoms with E-state index < -0.39 is 12.0 Å². The number of nitrogens with one attached hydrogen (secondary N) is 1. The third-order valence-corrected chi connectivity index (χ3v) is 4.65. The fourth-order valence-electron chi connectivity index (χ4n) is 1.97. The number of carbonyl (C=O) groups is 2. The van der Waals surface area contributed by atoms with Gasteiger partial charge in [-0.05, 0) is 12.3 Å². The van der Waals surface area contributed by atoms with E-state index in [9.17, 15) is 14.7 Å². The summed E-state index contributed by atoms with van der Waals surface area (Å²) in [6.07, 6.45) is 5.93. The van der Waals surface area contributed by atoms with Gasteiger partial charge in [-0.1, -0.05) is 26.7 Å². The molecule has 0 aromatic carbocycles. The van der Waals surface area contributed by atoms with E-state index in [4.69, 9.17) is 6.42 Å². The number of amides is 2. The fraction of sp³-hybridized carbons (Fsp3) is 0.692. The van der Waals surface area contributed by atoms with Crippen molar-refractivity contribution in [3.05, 3.63) is 0 Å². The molecule has 1 saturated heterocycles. The molecule has 3 atom stereocenters. The van der Waals surface area contributed by atoms with Crippen LogP contribution in [0.25, 0.3) is 0 Å². The first kappa shape index (κ1) is 15.7. The number of rotatable bonds is 4. The molecule has 0 saturated carbocycles. The Kier molecular flexibility index (Phi) is 5.55. The Hall–Kier alpha value is -1.35. The van der Waals surface area contributed by atoms with Crippen molar-refractivity contribution in [2.24, 2.45) is 5.92 Å². The predicted octanol–water partition coefficient (Wildman–Crippen LogP) is 1.59. The van der Waals surface area contributed by atoms with Crippen LogP contribution in [0, 0.1) is 18.3 Å². The quantitative estimate of drug-likeness (QED) is 0.769. The molecule has 1 aliphatic rings. The normalized spacial score (nSPS) is 24.1. The second kappa shape index (κ2) is 6.71.